The number of rotatable bonds is 6. The van der Waals surface area contributed by atoms with Gasteiger partial charge in [-0.3, -0.25) is 14.5 Å². The zero-order valence-electron chi connectivity index (χ0n) is 29.2. The molecular weight excluding hydrogens is 634 g/mol. The number of nitrogens with one attached hydrogen (secondary N) is 2. The molecule has 0 spiro atoms. The summed E-state index contributed by atoms with van der Waals surface area (Å²) in [7, 11) is 2.16. The molecule has 0 bridgehead atoms. The molecule has 3 aromatic rings. The fourth-order valence-electron chi connectivity index (χ4n) is 8.17. The van der Waals surface area contributed by atoms with Gasteiger partial charge < -0.3 is 34.6 Å². The number of para-hydroxylation sites is 1. The van der Waals surface area contributed by atoms with Crippen molar-refractivity contribution in [3.05, 3.63) is 75.6 Å². The number of aryl methyl sites for hydroxylation is 1. The van der Waals surface area contributed by atoms with Gasteiger partial charge in [-0.1, -0.05) is 24.3 Å². The van der Waals surface area contributed by atoms with Gasteiger partial charge in [0, 0.05) is 89.2 Å². The average molecular weight is 684 g/mol. The molecule has 1 atom stereocenters. The van der Waals surface area contributed by atoms with E-state index in [9.17, 15) is 19.2 Å². The summed E-state index contributed by atoms with van der Waals surface area (Å²) in [6.07, 6.45) is 2.63. The summed E-state index contributed by atoms with van der Waals surface area (Å²) in [5.41, 5.74) is 4.34. The number of anilines is 1. The summed E-state index contributed by atoms with van der Waals surface area (Å²) < 4.78 is 6.13. The second-order valence-electron chi connectivity index (χ2n) is 14.4. The minimum atomic E-state index is -0.977. The van der Waals surface area contributed by atoms with E-state index in [1.807, 2.05) is 53.1 Å². The lowest BCUT2D eigenvalue weighted by molar-refractivity contribution is -0.142. The number of urea groups is 1. The maximum atomic E-state index is 14.2. The predicted molar refractivity (Wildman–Crippen MR) is 192 cm³/mol. The van der Waals surface area contributed by atoms with Crippen molar-refractivity contribution in [1.82, 2.24) is 29.5 Å². The van der Waals surface area contributed by atoms with Gasteiger partial charge in [-0.2, -0.15) is 0 Å². The molecule has 50 heavy (non-hydrogen) atoms. The van der Waals surface area contributed by atoms with Gasteiger partial charge in [0.05, 0.1) is 5.52 Å². The number of likely N-dealkylation sites (N-methyl/N-ethyl adjacent to an activating group) is 1. The number of H-pyrrole nitrogens is 1. The molecule has 7 rings (SSSR count). The Hall–Kier alpha value is -4.42. The van der Waals surface area contributed by atoms with E-state index in [4.69, 9.17) is 4.74 Å². The quantitative estimate of drug-likeness (QED) is 0.407. The van der Waals surface area contributed by atoms with Gasteiger partial charge in [0.1, 0.15) is 0 Å². The van der Waals surface area contributed by atoms with Crippen molar-refractivity contribution >= 4 is 34.6 Å². The summed E-state index contributed by atoms with van der Waals surface area (Å²) in [5.74, 6) is -0.162. The van der Waals surface area contributed by atoms with Crippen LogP contribution in [0.5, 0.6) is 0 Å². The van der Waals surface area contributed by atoms with E-state index in [2.05, 4.69) is 27.1 Å². The first-order valence-electron chi connectivity index (χ1n) is 18.2. The topological polar surface area (TPSA) is 122 Å². The minimum absolute atomic E-state index is 0.0133. The fourth-order valence-corrected chi connectivity index (χ4v) is 8.17. The number of aromatic nitrogens is 1. The van der Waals surface area contributed by atoms with E-state index in [0.717, 1.165) is 78.7 Å². The molecule has 0 saturated carbocycles. The third-order valence-electron chi connectivity index (χ3n) is 11.2. The summed E-state index contributed by atoms with van der Waals surface area (Å²) in [5, 5.41) is 3.92. The number of fused-ring (bicyclic) bond motifs is 2. The molecule has 0 unspecified atom stereocenters. The first-order chi connectivity index (χ1) is 24.2. The molecule has 3 saturated heterocycles. The highest BCUT2D eigenvalue weighted by molar-refractivity contribution is 5.91. The maximum absolute atomic E-state index is 14.2. The van der Waals surface area contributed by atoms with E-state index < -0.39 is 12.2 Å². The van der Waals surface area contributed by atoms with Crippen LogP contribution in [0.1, 0.15) is 42.4 Å². The van der Waals surface area contributed by atoms with E-state index in [-0.39, 0.29) is 30.0 Å². The minimum Gasteiger partial charge on any atom is -0.436 e. The Kier molecular flexibility index (Phi) is 10.1. The lowest BCUT2D eigenvalue weighted by Gasteiger charge is -2.42. The number of hydrogen-bond acceptors (Lipinski definition) is 7. The number of nitrogens with zero attached hydrogens (tertiary/aromatic N) is 5. The maximum Gasteiger partial charge on any atom is 0.410 e. The molecule has 4 aliphatic rings. The lowest BCUT2D eigenvalue weighted by Crippen LogP contribution is -2.54. The summed E-state index contributed by atoms with van der Waals surface area (Å²) in [6.45, 7) is 8.94. The van der Waals surface area contributed by atoms with Crippen LogP contribution in [0, 0.1) is 6.92 Å². The zero-order valence-corrected chi connectivity index (χ0v) is 29.2. The smallest absolute Gasteiger partial charge is 0.410 e. The van der Waals surface area contributed by atoms with Crippen LogP contribution in [0.4, 0.5) is 15.3 Å². The molecule has 1 aromatic heterocycles. The van der Waals surface area contributed by atoms with Gasteiger partial charge in [-0.05, 0) is 86.4 Å². The van der Waals surface area contributed by atoms with Crippen LogP contribution in [-0.2, 0) is 22.4 Å². The molecule has 12 nitrogen and oxygen atoms in total. The van der Waals surface area contributed by atoms with Crippen molar-refractivity contribution < 1.29 is 19.1 Å². The number of likely N-dealkylation sites (tertiary alicyclic amines) is 2. The Bertz CT molecular complexity index is 1770. The predicted octanol–water partition coefficient (Wildman–Crippen LogP) is 3.68. The van der Waals surface area contributed by atoms with Gasteiger partial charge in [0.2, 0.25) is 5.56 Å². The molecule has 3 fully saturated rings. The van der Waals surface area contributed by atoms with Crippen LogP contribution >= 0.6 is 0 Å². The number of aromatic amines is 1. The zero-order chi connectivity index (χ0) is 34.8. The molecule has 4 aliphatic heterocycles. The molecule has 12 heteroatoms. The molecular formula is C38H49N7O5. The number of amides is 4. The average Bonchev–Trinajstić information content (AvgIpc) is 3.30. The van der Waals surface area contributed by atoms with Crippen LogP contribution in [-0.4, -0.2) is 132 Å². The molecule has 0 aliphatic carbocycles. The van der Waals surface area contributed by atoms with Crippen LogP contribution in [0.15, 0.2) is 53.3 Å². The van der Waals surface area contributed by atoms with E-state index in [0.29, 0.717) is 51.6 Å². The van der Waals surface area contributed by atoms with Gasteiger partial charge in [-0.15, -0.1) is 0 Å². The second-order valence-corrected chi connectivity index (χ2v) is 14.4. The molecule has 4 amide bonds. The van der Waals surface area contributed by atoms with Crippen LogP contribution in [0.3, 0.4) is 0 Å². The van der Waals surface area contributed by atoms with Gasteiger partial charge >= 0.3 is 12.1 Å². The number of carbonyl (C=O) groups excluding carboxylic acids is 3. The Morgan fingerprint density at radius 1 is 0.840 bits per heavy atom. The molecule has 266 valence electrons. The van der Waals surface area contributed by atoms with Crippen molar-refractivity contribution in [3.8, 4) is 0 Å². The van der Waals surface area contributed by atoms with Gasteiger partial charge in [0.25, 0.3) is 5.91 Å². The standard InChI is InChI=1S/C38H49N7O5/c1-26-23-27(24-29-7-8-34(46)40-35(26)29)25-33(36(47)43-14-10-30(11-15-43)42-21-19-41(2)20-22-42)50-38(49)44-16-12-31(13-17-44)45-18-9-28-5-3-4-6-32(28)39-37(45)48/h3-8,23-24,30-31,33H,9-22,25H2,1-2H3,(H,39,48)(H,40,46)/t33-/m1/s1. The number of carbonyl (C=O) groups is 3. The van der Waals surface area contributed by atoms with E-state index in [1.165, 1.54) is 6.07 Å². The number of piperidine rings is 2. The van der Waals surface area contributed by atoms with Crippen LogP contribution < -0.4 is 10.9 Å². The lowest BCUT2D eigenvalue weighted by atomic mass is 9.99. The first kappa shape index (κ1) is 34.0. The summed E-state index contributed by atoms with van der Waals surface area (Å²) in [6, 6.07) is 15.5. The fraction of sp³-hybridized carbons (Fsp3) is 0.526. The SMILES string of the molecule is Cc1cc(C[C@@H](OC(=O)N2CCC(N3CCc4ccccc4NC3=O)CC2)C(=O)N2CCC(N3CCN(C)CC3)CC2)cc2ccc(=O)[nH]c12. The highest BCUT2D eigenvalue weighted by atomic mass is 16.6. The molecule has 0 radical (unpaired) electrons. The van der Waals surface area contributed by atoms with E-state index >= 15 is 0 Å². The van der Waals surface area contributed by atoms with Gasteiger partial charge in [0.15, 0.2) is 6.10 Å². The Labute approximate surface area is 293 Å². The molecule has 2 N–H and O–H groups in total. The monoisotopic (exact) mass is 683 g/mol. The molecule has 2 aromatic carbocycles. The Morgan fingerprint density at radius 2 is 1.54 bits per heavy atom. The molecule has 5 heterocycles. The highest BCUT2D eigenvalue weighted by Crippen LogP contribution is 2.26. The van der Waals surface area contributed by atoms with Crippen molar-refractivity contribution in [2.45, 2.75) is 63.6 Å². The third-order valence-corrected chi connectivity index (χ3v) is 11.2. The first-order valence-corrected chi connectivity index (χ1v) is 18.2. The van der Waals surface area contributed by atoms with Crippen LogP contribution in [0.25, 0.3) is 10.9 Å². The second kappa shape index (κ2) is 14.8. The van der Waals surface area contributed by atoms with Crippen molar-refractivity contribution in [3.63, 3.8) is 0 Å². The normalized spacial score (nSPS) is 20.7. The van der Waals surface area contributed by atoms with Crippen molar-refractivity contribution in [1.29, 1.82) is 0 Å². The summed E-state index contributed by atoms with van der Waals surface area (Å²) in [4.78, 5) is 66.3. The number of benzene rings is 2. The van der Waals surface area contributed by atoms with Gasteiger partial charge in [-0.25, -0.2) is 9.59 Å². The van der Waals surface area contributed by atoms with Crippen molar-refractivity contribution in [2.24, 2.45) is 0 Å². The number of ether oxygens (including phenoxy) is 1. The highest BCUT2D eigenvalue weighted by Gasteiger charge is 2.36. The largest absolute Gasteiger partial charge is 0.436 e. The third kappa shape index (κ3) is 7.51. The number of pyridine rings is 1. The number of piperazine rings is 1. The number of hydrogen-bond donors (Lipinski definition) is 2. The van der Waals surface area contributed by atoms with E-state index in [1.54, 1.807) is 11.0 Å². The van der Waals surface area contributed by atoms with Crippen molar-refractivity contribution in [2.75, 3.05) is 71.3 Å². The Morgan fingerprint density at radius 3 is 2.30 bits per heavy atom. The Balaban J connectivity index is 1.02. The van der Waals surface area contributed by atoms with Crippen LogP contribution in [0.2, 0.25) is 0 Å². The summed E-state index contributed by atoms with van der Waals surface area (Å²) >= 11 is 0.